The lowest BCUT2D eigenvalue weighted by Gasteiger charge is -2.08. The Morgan fingerprint density at radius 2 is 1.93 bits per heavy atom. The summed E-state index contributed by atoms with van der Waals surface area (Å²) in [5.41, 5.74) is 2.15. The molecule has 0 spiro atoms. The largest absolute Gasteiger partial charge is 0.382 e. The van der Waals surface area contributed by atoms with Gasteiger partial charge in [-0.1, -0.05) is 11.6 Å². The van der Waals surface area contributed by atoms with Crippen LogP contribution in [0.3, 0.4) is 0 Å². The van der Waals surface area contributed by atoms with E-state index < -0.39 is 6.10 Å². The van der Waals surface area contributed by atoms with Gasteiger partial charge in [0.05, 0.1) is 9.90 Å². The molecule has 1 atom stereocenters. The molecule has 0 aliphatic heterocycles. The van der Waals surface area contributed by atoms with E-state index in [4.69, 9.17) is 11.6 Å². The van der Waals surface area contributed by atoms with Gasteiger partial charge in [-0.15, -0.1) is 22.7 Å². The monoisotopic (exact) mass is 258 g/mol. The van der Waals surface area contributed by atoms with Crippen LogP contribution in [0.2, 0.25) is 5.02 Å². The molecule has 2 heterocycles. The molecule has 0 aliphatic carbocycles. The van der Waals surface area contributed by atoms with Crippen LogP contribution >= 0.6 is 34.3 Å². The number of aliphatic hydroxyl groups is 1. The Bertz CT molecular complexity index is 473. The molecule has 0 aliphatic rings. The lowest BCUT2D eigenvalue weighted by Crippen LogP contribution is -1.96. The summed E-state index contributed by atoms with van der Waals surface area (Å²) < 4.78 is 0. The third-order valence-corrected chi connectivity index (χ3v) is 5.16. The van der Waals surface area contributed by atoms with Crippen molar-refractivity contribution in [2.75, 3.05) is 0 Å². The van der Waals surface area contributed by atoms with Crippen molar-refractivity contribution < 1.29 is 5.11 Å². The summed E-state index contributed by atoms with van der Waals surface area (Å²) in [5, 5.41) is 14.9. The van der Waals surface area contributed by atoms with Crippen molar-refractivity contribution in [1.82, 2.24) is 0 Å². The van der Waals surface area contributed by atoms with Gasteiger partial charge in [0.15, 0.2) is 0 Å². The fourth-order valence-corrected chi connectivity index (χ4v) is 3.70. The first-order valence-electron chi connectivity index (χ1n) is 4.56. The molecule has 0 radical (unpaired) electrons. The molecule has 2 aromatic heterocycles. The van der Waals surface area contributed by atoms with E-state index in [9.17, 15) is 5.11 Å². The molecule has 2 aromatic rings. The van der Waals surface area contributed by atoms with E-state index in [1.54, 1.807) is 11.3 Å². The van der Waals surface area contributed by atoms with E-state index >= 15 is 0 Å². The molecule has 4 heteroatoms. The predicted molar refractivity (Wildman–Crippen MR) is 67.2 cm³/mol. The summed E-state index contributed by atoms with van der Waals surface area (Å²) in [4.78, 5) is 1.83. The van der Waals surface area contributed by atoms with Crippen LogP contribution in [-0.2, 0) is 0 Å². The second-order valence-electron chi connectivity index (χ2n) is 3.47. The zero-order valence-corrected chi connectivity index (χ0v) is 10.8. The first-order valence-corrected chi connectivity index (χ1v) is 6.70. The highest BCUT2D eigenvalue weighted by Gasteiger charge is 2.19. The van der Waals surface area contributed by atoms with Crippen molar-refractivity contribution in [3.05, 3.63) is 42.7 Å². The van der Waals surface area contributed by atoms with Gasteiger partial charge in [-0.05, 0) is 41.8 Å². The smallest absolute Gasteiger partial charge is 0.124 e. The molecule has 0 fully saturated rings. The van der Waals surface area contributed by atoms with Crippen molar-refractivity contribution in [3.63, 3.8) is 0 Å². The first-order chi connectivity index (χ1) is 7.11. The molecule has 0 saturated heterocycles. The SMILES string of the molecule is Cc1ccsc1C(O)c1scc(C)c1Cl. The van der Waals surface area contributed by atoms with Gasteiger partial charge in [0.2, 0.25) is 0 Å². The van der Waals surface area contributed by atoms with E-state index in [0.717, 1.165) is 20.9 Å². The van der Waals surface area contributed by atoms with Crippen LogP contribution in [0.1, 0.15) is 27.0 Å². The number of halogens is 1. The second-order valence-corrected chi connectivity index (χ2v) is 5.70. The summed E-state index contributed by atoms with van der Waals surface area (Å²) in [5.74, 6) is 0. The minimum absolute atomic E-state index is 0.573. The van der Waals surface area contributed by atoms with Crippen molar-refractivity contribution in [1.29, 1.82) is 0 Å². The number of aryl methyl sites for hydroxylation is 2. The molecular weight excluding hydrogens is 248 g/mol. The molecular formula is C11H11ClOS2. The van der Waals surface area contributed by atoms with E-state index in [2.05, 4.69) is 0 Å². The minimum Gasteiger partial charge on any atom is -0.382 e. The number of rotatable bonds is 2. The Morgan fingerprint density at radius 1 is 1.20 bits per heavy atom. The fraction of sp³-hybridized carbons (Fsp3) is 0.273. The van der Waals surface area contributed by atoms with Gasteiger partial charge in [0, 0.05) is 4.88 Å². The zero-order valence-electron chi connectivity index (χ0n) is 8.45. The maximum atomic E-state index is 10.2. The summed E-state index contributed by atoms with van der Waals surface area (Å²) in [6, 6.07) is 2.01. The molecule has 0 aromatic carbocycles. The van der Waals surface area contributed by atoms with Crippen LogP contribution in [0.15, 0.2) is 16.8 Å². The van der Waals surface area contributed by atoms with Crippen molar-refractivity contribution >= 4 is 34.3 Å². The molecule has 0 bridgehead atoms. The van der Waals surface area contributed by atoms with Crippen LogP contribution in [0.5, 0.6) is 0 Å². The maximum absolute atomic E-state index is 10.2. The number of hydrogen-bond donors (Lipinski definition) is 1. The molecule has 0 amide bonds. The van der Waals surface area contributed by atoms with Crippen molar-refractivity contribution in [2.45, 2.75) is 20.0 Å². The minimum atomic E-state index is -0.573. The fourth-order valence-electron chi connectivity index (χ4n) is 1.42. The van der Waals surface area contributed by atoms with E-state index in [0.29, 0.717) is 5.02 Å². The molecule has 1 nitrogen and oxygen atoms in total. The van der Waals surface area contributed by atoms with Gasteiger partial charge >= 0.3 is 0 Å². The van der Waals surface area contributed by atoms with Crippen LogP contribution in [0, 0.1) is 13.8 Å². The van der Waals surface area contributed by atoms with Crippen LogP contribution in [-0.4, -0.2) is 5.11 Å². The van der Waals surface area contributed by atoms with Crippen LogP contribution < -0.4 is 0 Å². The van der Waals surface area contributed by atoms with Gasteiger partial charge in [-0.2, -0.15) is 0 Å². The predicted octanol–water partition coefficient (Wildman–Crippen LogP) is 4.16. The Labute approximate surface area is 102 Å². The summed E-state index contributed by atoms with van der Waals surface area (Å²) >= 11 is 9.21. The lowest BCUT2D eigenvalue weighted by molar-refractivity contribution is 0.227. The Kier molecular flexibility index (Phi) is 3.16. The average Bonchev–Trinajstić information content (AvgIpc) is 2.75. The molecule has 1 unspecified atom stereocenters. The molecule has 2 rings (SSSR count). The highest BCUT2D eigenvalue weighted by molar-refractivity contribution is 7.12. The van der Waals surface area contributed by atoms with E-state index in [1.165, 1.54) is 11.3 Å². The van der Waals surface area contributed by atoms with Gasteiger partial charge in [0.1, 0.15) is 6.10 Å². The summed E-state index contributed by atoms with van der Waals surface area (Å²) in [6.07, 6.45) is -0.573. The highest BCUT2D eigenvalue weighted by atomic mass is 35.5. The van der Waals surface area contributed by atoms with Gasteiger partial charge in [-0.25, -0.2) is 0 Å². The Balaban J connectivity index is 2.41. The molecule has 80 valence electrons. The lowest BCUT2D eigenvalue weighted by atomic mass is 10.1. The van der Waals surface area contributed by atoms with Gasteiger partial charge in [0.25, 0.3) is 0 Å². The first kappa shape index (κ1) is 11.1. The van der Waals surface area contributed by atoms with Crippen LogP contribution in [0.25, 0.3) is 0 Å². The van der Waals surface area contributed by atoms with Gasteiger partial charge in [-0.3, -0.25) is 0 Å². The third-order valence-electron chi connectivity index (χ3n) is 2.32. The molecule has 15 heavy (non-hydrogen) atoms. The standard InChI is InChI=1S/C11H11ClOS2/c1-6-3-4-14-10(6)9(13)11-8(12)7(2)5-15-11/h3-5,9,13H,1-2H3. The van der Waals surface area contributed by atoms with E-state index in [-0.39, 0.29) is 0 Å². The number of aliphatic hydroxyl groups excluding tert-OH is 1. The summed E-state index contributed by atoms with van der Waals surface area (Å²) in [6.45, 7) is 3.96. The number of hydrogen-bond acceptors (Lipinski definition) is 3. The topological polar surface area (TPSA) is 20.2 Å². The highest BCUT2D eigenvalue weighted by Crippen LogP contribution is 2.38. The zero-order chi connectivity index (χ0) is 11.0. The number of thiophene rings is 2. The Hall–Kier alpha value is -0.350. The third kappa shape index (κ3) is 1.97. The van der Waals surface area contributed by atoms with Crippen LogP contribution in [0.4, 0.5) is 0 Å². The average molecular weight is 259 g/mol. The van der Waals surface area contributed by atoms with Crippen molar-refractivity contribution in [2.24, 2.45) is 0 Å². The second kappa shape index (κ2) is 4.26. The summed E-state index contributed by atoms with van der Waals surface area (Å²) in [7, 11) is 0. The van der Waals surface area contributed by atoms with E-state index in [1.807, 2.05) is 30.7 Å². The molecule has 1 N–H and O–H groups in total. The maximum Gasteiger partial charge on any atom is 0.124 e. The van der Waals surface area contributed by atoms with Gasteiger partial charge < -0.3 is 5.11 Å². The molecule has 0 saturated carbocycles. The Morgan fingerprint density at radius 3 is 2.40 bits per heavy atom. The quantitative estimate of drug-likeness (QED) is 0.858. The van der Waals surface area contributed by atoms with Crippen molar-refractivity contribution in [3.8, 4) is 0 Å². The normalized spacial score (nSPS) is 13.1.